The number of phenols is 1. The molecule has 0 spiro atoms. The van der Waals surface area contributed by atoms with E-state index in [1.807, 2.05) is 67.5 Å². The van der Waals surface area contributed by atoms with E-state index >= 15 is 0 Å². The van der Waals surface area contributed by atoms with E-state index in [0.717, 1.165) is 23.1 Å². The molecule has 0 amide bonds. The first-order valence-corrected chi connectivity index (χ1v) is 11.4. The van der Waals surface area contributed by atoms with Crippen LogP contribution in [0.25, 0.3) is 0 Å². The molecule has 0 aliphatic heterocycles. The van der Waals surface area contributed by atoms with Crippen molar-refractivity contribution in [2.45, 2.75) is 111 Å². The minimum Gasteiger partial charge on any atom is -0.507 e. The van der Waals surface area contributed by atoms with Crippen molar-refractivity contribution in [2.24, 2.45) is 5.41 Å². The van der Waals surface area contributed by atoms with E-state index in [9.17, 15) is 25.1 Å². The van der Waals surface area contributed by atoms with Crippen molar-refractivity contribution in [3.05, 3.63) is 38.9 Å². The molecule has 2 atom stereocenters. The number of aromatic hydroxyl groups is 1. The number of hydrogen-bond donors (Lipinski definition) is 2. The van der Waals surface area contributed by atoms with Crippen LogP contribution in [0, 0.1) is 15.5 Å². The number of unbranched alkanes of at least 4 members (excludes halogenated alkanes) is 1. The van der Waals surface area contributed by atoms with Crippen molar-refractivity contribution in [2.75, 3.05) is 0 Å². The van der Waals surface area contributed by atoms with Crippen LogP contribution in [-0.4, -0.2) is 27.1 Å². The summed E-state index contributed by atoms with van der Waals surface area (Å²) < 4.78 is 0. The fourth-order valence-electron chi connectivity index (χ4n) is 4.43. The Morgan fingerprint density at radius 2 is 1.52 bits per heavy atom. The zero-order valence-electron chi connectivity index (χ0n) is 20.5. The Kier molecular flexibility index (Phi) is 8.69. The van der Waals surface area contributed by atoms with Crippen molar-refractivity contribution in [3.8, 4) is 5.75 Å². The molecule has 1 aromatic carbocycles. The molecule has 0 aliphatic carbocycles. The normalized spacial score (nSPS) is 15.4. The second-order valence-electron chi connectivity index (χ2n) is 10.9. The molecule has 0 saturated carbocycles. The smallest absolute Gasteiger partial charge is 0.317 e. The minimum atomic E-state index is -1.49. The lowest BCUT2D eigenvalue weighted by atomic mass is 9.69. The molecule has 0 aliphatic rings. The topological polar surface area (TPSA) is 101 Å². The Morgan fingerprint density at radius 3 is 1.84 bits per heavy atom. The summed E-state index contributed by atoms with van der Waals surface area (Å²) in [6.45, 7) is 15.8. The van der Waals surface area contributed by atoms with Gasteiger partial charge in [0.25, 0.3) is 0 Å². The molecule has 0 fully saturated rings. The number of rotatable bonds is 10. The van der Waals surface area contributed by atoms with Crippen LogP contribution in [0.5, 0.6) is 5.75 Å². The molecule has 1 aromatic rings. The average molecular weight is 436 g/mol. The first-order chi connectivity index (χ1) is 14.1. The van der Waals surface area contributed by atoms with E-state index in [1.165, 1.54) is 0 Å². The van der Waals surface area contributed by atoms with Gasteiger partial charge >= 0.3 is 5.97 Å². The summed E-state index contributed by atoms with van der Waals surface area (Å²) in [5.74, 6) is -0.896. The molecule has 1 rings (SSSR count). The number of nitro groups is 1. The molecule has 0 radical (unpaired) electrons. The highest BCUT2D eigenvalue weighted by Crippen LogP contribution is 2.43. The predicted molar refractivity (Wildman–Crippen MR) is 124 cm³/mol. The number of hydrogen-bond acceptors (Lipinski definition) is 4. The Hall–Kier alpha value is -2.11. The predicted octanol–water partition coefficient (Wildman–Crippen LogP) is 6.24. The fraction of sp³-hybridized carbons (Fsp3) is 0.720. The monoisotopic (exact) mass is 435 g/mol. The molecule has 0 heterocycles. The van der Waals surface area contributed by atoms with Crippen LogP contribution in [-0.2, 0) is 22.0 Å². The lowest BCUT2D eigenvalue weighted by Crippen LogP contribution is -2.48. The number of carbonyl (C=O) groups is 1. The van der Waals surface area contributed by atoms with Gasteiger partial charge in [0, 0.05) is 11.3 Å². The number of benzene rings is 1. The number of nitrogens with zero attached hydrogens (tertiary/aromatic N) is 1. The van der Waals surface area contributed by atoms with Gasteiger partial charge in [0.05, 0.1) is 0 Å². The summed E-state index contributed by atoms with van der Waals surface area (Å²) in [4.78, 5) is 24.2. The van der Waals surface area contributed by atoms with Crippen molar-refractivity contribution < 1.29 is 19.9 Å². The Labute approximate surface area is 187 Å². The Morgan fingerprint density at radius 1 is 1.03 bits per heavy atom. The lowest BCUT2D eigenvalue weighted by molar-refractivity contribution is -0.541. The fourth-order valence-corrected chi connectivity index (χ4v) is 4.43. The molecule has 176 valence electrons. The van der Waals surface area contributed by atoms with Crippen molar-refractivity contribution in [1.82, 2.24) is 0 Å². The highest BCUT2D eigenvalue weighted by atomic mass is 16.6. The molecule has 2 N–H and O–H groups in total. The Balaban J connectivity index is 3.76. The maximum Gasteiger partial charge on any atom is 0.317 e. The van der Waals surface area contributed by atoms with Gasteiger partial charge in [0.15, 0.2) is 0 Å². The number of carboxylic acids is 1. The summed E-state index contributed by atoms with van der Waals surface area (Å²) in [7, 11) is 0. The summed E-state index contributed by atoms with van der Waals surface area (Å²) in [6, 6.07) is 2.53. The van der Waals surface area contributed by atoms with Gasteiger partial charge in [-0.15, -0.1) is 0 Å². The third-order valence-corrected chi connectivity index (χ3v) is 6.15. The maximum atomic E-state index is 12.6. The van der Waals surface area contributed by atoms with E-state index in [1.54, 1.807) is 0 Å². The molecule has 6 heteroatoms. The number of carboxylic acid groups (broad SMARTS) is 1. The third-order valence-electron chi connectivity index (χ3n) is 6.15. The zero-order valence-corrected chi connectivity index (χ0v) is 20.5. The molecular weight excluding hydrogens is 394 g/mol. The highest BCUT2D eigenvalue weighted by Gasteiger charge is 2.52. The van der Waals surface area contributed by atoms with Crippen LogP contribution in [0.2, 0.25) is 0 Å². The largest absolute Gasteiger partial charge is 0.507 e. The van der Waals surface area contributed by atoms with Crippen molar-refractivity contribution >= 4 is 5.97 Å². The van der Waals surface area contributed by atoms with Gasteiger partial charge in [-0.05, 0) is 46.8 Å². The van der Waals surface area contributed by atoms with Crippen LogP contribution in [0.4, 0.5) is 0 Å². The van der Waals surface area contributed by atoms with Crippen LogP contribution in [0.3, 0.4) is 0 Å². The lowest BCUT2D eigenvalue weighted by Gasteiger charge is -2.34. The van der Waals surface area contributed by atoms with Crippen LogP contribution in [0.15, 0.2) is 12.1 Å². The first-order valence-electron chi connectivity index (χ1n) is 11.4. The minimum absolute atomic E-state index is 0.0674. The van der Waals surface area contributed by atoms with E-state index in [-0.39, 0.29) is 35.8 Å². The molecule has 31 heavy (non-hydrogen) atoms. The van der Waals surface area contributed by atoms with Gasteiger partial charge in [-0.2, -0.15) is 0 Å². The van der Waals surface area contributed by atoms with E-state index in [0.29, 0.717) is 12.8 Å². The molecule has 6 nitrogen and oxygen atoms in total. The van der Waals surface area contributed by atoms with E-state index < -0.39 is 22.3 Å². The van der Waals surface area contributed by atoms with Crippen LogP contribution in [0.1, 0.15) is 104 Å². The summed E-state index contributed by atoms with van der Waals surface area (Å²) >= 11 is 0. The standard InChI is InChI=1S/C25H41NO5/c1-9-11-12-20(26(30)31)25(13-10-2,22(28)29)16-17-14-18(23(3,4)5)21(27)19(15-17)24(6,7)8/h14-15,20,27H,9-13,16H2,1-8H3,(H,28,29). The number of aliphatic carboxylic acids is 1. The summed E-state index contributed by atoms with van der Waals surface area (Å²) in [5, 5.41) is 33.3. The first kappa shape index (κ1) is 26.9. The molecular formula is C25H41NO5. The average Bonchev–Trinajstić information content (AvgIpc) is 2.60. The zero-order chi connectivity index (χ0) is 24.2. The van der Waals surface area contributed by atoms with Gasteiger partial charge in [-0.25, -0.2) is 0 Å². The number of phenolic OH excluding ortho intramolecular Hbond substituents is 1. The maximum absolute atomic E-state index is 12.6. The van der Waals surface area contributed by atoms with Crippen molar-refractivity contribution in [1.29, 1.82) is 0 Å². The molecule has 0 bridgehead atoms. The second kappa shape index (κ2) is 10.0. The molecule has 2 unspecified atom stereocenters. The van der Waals surface area contributed by atoms with Crippen molar-refractivity contribution in [3.63, 3.8) is 0 Å². The van der Waals surface area contributed by atoms with Gasteiger partial charge in [0.1, 0.15) is 11.2 Å². The molecule has 0 aromatic heterocycles. The highest BCUT2D eigenvalue weighted by molar-refractivity contribution is 5.76. The van der Waals surface area contributed by atoms with Gasteiger partial charge in [0.2, 0.25) is 6.04 Å². The van der Waals surface area contributed by atoms with E-state index in [2.05, 4.69) is 0 Å². The Bertz CT molecular complexity index is 753. The quantitative estimate of drug-likeness (QED) is 0.335. The summed E-state index contributed by atoms with van der Waals surface area (Å²) in [6.07, 6.45) is 2.46. The van der Waals surface area contributed by atoms with E-state index in [4.69, 9.17) is 0 Å². The van der Waals surface area contributed by atoms with Crippen LogP contribution >= 0.6 is 0 Å². The van der Waals surface area contributed by atoms with Gasteiger partial charge in [-0.3, -0.25) is 14.9 Å². The second-order valence-corrected chi connectivity index (χ2v) is 10.9. The summed E-state index contributed by atoms with van der Waals surface area (Å²) in [5.41, 5.74) is -0.0156. The molecule has 0 saturated heterocycles. The van der Waals surface area contributed by atoms with Gasteiger partial charge in [-0.1, -0.05) is 80.4 Å². The van der Waals surface area contributed by atoms with Gasteiger partial charge < -0.3 is 10.2 Å². The van der Waals surface area contributed by atoms with Crippen LogP contribution < -0.4 is 0 Å². The third kappa shape index (κ3) is 6.20. The SMILES string of the molecule is CCCCC([N+](=O)[O-])C(CCC)(Cc1cc(C(C)(C)C)c(O)c(C(C)(C)C)c1)C(=O)O.